The van der Waals surface area contributed by atoms with Gasteiger partial charge in [0, 0.05) is 36.1 Å². The molecular formula is C32H36F2N2O2. The molecule has 1 aliphatic heterocycles. The summed E-state index contributed by atoms with van der Waals surface area (Å²) in [5, 5.41) is 6.90. The molecule has 2 N–H and O–H groups in total. The Labute approximate surface area is 223 Å². The van der Waals surface area contributed by atoms with Crippen LogP contribution in [0, 0.1) is 46.1 Å². The Morgan fingerprint density at radius 1 is 0.921 bits per heavy atom. The Balaban J connectivity index is 1.25. The van der Waals surface area contributed by atoms with Gasteiger partial charge in [0.05, 0.1) is 6.04 Å². The second kappa shape index (κ2) is 9.32. The van der Waals surface area contributed by atoms with Crippen LogP contribution in [0.3, 0.4) is 0 Å². The smallest absolute Gasteiger partial charge is 0.224 e. The number of hydrogen-bond donors (Lipinski definition) is 2. The number of amides is 1. The number of rotatable bonds is 4. The summed E-state index contributed by atoms with van der Waals surface area (Å²) in [4.78, 5) is 26.1. The summed E-state index contributed by atoms with van der Waals surface area (Å²) >= 11 is 0. The van der Waals surface area contributed by atoms with Crippen LogP contribution in [0.5, 0.6) is 0 Å². The number of fused-ring (bicyclic) bond motifs is 5. The molecule has 0 aromatic heterocycles. The van der Waals surface area contributed by atoms with Gasteiger partial charge in [0.15, 0.2) is 5.78 Å². The van der Waals surface area contributed by atoms with Crippen LogP contribution in [-0.4, -0.2) is 18.2 Å². The highest BCUT2D eigenvalue weighted by Gasteiger charge is 2.60. The molecule has 2 saturated carbocycles. The monoisotopic (exact) mass is 518 g/mol. The third-order valence-electron chi connectivity index (χ3n) is 10.6. The fraction of sp³-hybridized carbons (Fsp3) is 0.500. The van der Waals surface area contributed by atoms with Crippen LogP contribution in [0.1, 0.15) is 69.5 Å². The predicted octanol–water partition coefficient (Wildman–Crippen LogP) is 6.09. The van der Waals surface area contributed by atoms with E-state index in [-0.39, 0.29) is 40.1 Å². The first-order valence-electron chi connectivity index (χ1n) is 14.0. The molecule has 2 aromatic carbocycles. The van der Waals surface area contributed by atoms with Crippen molar-refractivity contribution >= 4 is 11.7 Å². The molecule has 38 heavy (non-hydrogen) atoms. The van der Waals surface area contributed by atoms with Gasteiger partial charge in [0.25, 0.3) is 0 Å². The van der Waals surface area contributed by atoms with Gasteiger partial charge in [-0.3, -0.25) is 9.59 Å². The van der Waals surface area contributed by atoms with Gasteiger partial charge < -0.3 is 10.6 Å². The summed E-state index contributed by atoms with van der Waals surface area (Å²) in [6, 6.07) is 11.8. The first kappa shape index (κ1) is 25.3. The van der Waals surface area contributed by atoms with Gasteiger partial charge in [-0.25, -0.2) is 8.78 Å². The molecular weight excluding hydrogens is 482 g/mol. The van der Waals surface area contributed by atoms with Crippen LogP contribution in [0.2, 0.25) is 0 Å². The number of carbonyl (C=O) groups is 2. The van der Waals surface area contributed by atoms with E-state index in [1.54, 1.807) is 24.3 Å². The van der Waals surface area contributed by atoms with Gasteiger partial charge in [0.2, 0.25) is 5.91 Å². The molecule has 0 bridgehead atoms. The van der Waals surface area contributed by atoms with Gasteiger partial charge in [0.1, 0.15) is 11.6 Å². The molecule has 3 fully saturated rings. The summed E-state index contributed by atoms with van der Waals surface area (Å²) in [7, 11) is 0. The molecule has 6 rings (SSSR count). The van der Waals surface area contributed by atoms with Crippen LogP contribution < -0.4 is 10.6 Å². The van der Waals surface area contributed by atoms with E-state index in [1.165, 1.54) is 24.3 Å². The zero-order chi connectivity index (χ0) is 26.7. The summed E-state index contributed by atoms with van der Waals surface area (Å²) in [5.74, 6) is 0.891. The summed E-state index contributed by atoms with van der Waals surface area (Å²) < 4.78 is 27.3. The maximum absolute atomic E-state index is 14.0. The van der Waals surface area contributed by atoms with E-state index < -0.39 is 6.04 Å². The Kier molecular flexibility index (Phi) is 6.20. The molecule has 0 radical (unpaired) electrons. The first-order chi connectivity index (χ1) is 18.2. The van der Waals surface area contributed by atoms with Crippen LogP contribution in [-0.2, 0) is 9.59 Å². The van der Waals surface area contributed by atoms with Gasteiger partial charge in [-0.1, -0.05) is 38.1 Å². The number of benzene rings is 2. The zero-order valence-electron chi connectivity index (χ0n) is 22.1. The van der Waals surface area contributed by atoms with E-state index in [2.05, 4.69) is 24.5 Å². The molecule has 1 amide bonds. The summed E-state index contributed by atoms with van der Waals surface area (Å²) in [6.45, 7) is 5.49. The number of piperidine rings is 1. The highest BCUT2D eigenvalue weighted by atomic mass is 19.1. The first-order valence-corrected chi connectivity index (χ1v) is 14.0. The third-order valence-corrected chi connectivity index (χ3v) is 10.6. The number of carbonyl (C=O) groups excluding carboxylic acids is 2. The lowest BCUT2D eigenvalue weighted by Crippen LogP contribution is -2.57. The molecule has 2 aromatic rings. The quantitative estimate of drug-likeness (QED) is 0.515. The van der Waals surface area contributed by atoms with Gasteiger partial charge in [-0.2, -0.15) is 0 Å². The maximum atomic E-state index is 14.0. The number of allylic oxidation sites excluding steroid dienone is 2. The average Bonchev–Trinajstić information content (AvgIpc) is 3.26. The van der Waals surface area contributed by atoms with Gasteiger partial charge >= 0.3 is 0 Å². The van der Waals surface area contributed by atoms with E-state index >= 15 is 0 Å². The van der Waals surface area contributed by atoms with Crippen molar-refractivity contribution in [3.05, 3.63) is 83.1 Å². The van der Waals surface area contributed by atoms with Crippen LogP contribution in [0.4, 0.5) is 8.78 Å². The minimum Gasteiger partial charge on any atom is -0.387 e. The van der Waals surface area contributed by atoms with Crippen molar-refractivity contribution in [3.8, 4) is 0 Å². The largest absolute Gasteiger partial charge is 0.387 e. The predicted molar refractivity (Wildman–Crippen MR) is 142 cm³/mol. The van der Waals surface area contributed by atoms with Crippen LogP contribution >= 0.6 is 0 Å². The lowest BCUT2D eigenvalue weighted by Gasteiger charge is -2.58. The average molecular weight is 519 g/mol. The Hall–Kier alpha value is -3.02. The SMILES string of the molecule is C[C@]12CCC(=O)C=C1NC[C@@H]1[C@H]2CC[C@]2(C)C(C(=O)NC(c3ccc(F)cc3)c3ccc(F)cc3)CC[C@@H]12. The molecule has 1 saturated heterocycles. The second-order valence-electron chi connectivity index (χ2n) is 12.4. The molecule has 1 unspecified atom stereocenters. The summed E-state index contributed by atoms with van der Waals surface area (Å²) in [6.07, 6.45) is 7.26. The van der Waals surface area contributed by atoms with E-state index in [0.717, 1.165) is 55.5 Å². The fourth-order valence-corrected chi connectivity index (χ4v) is 8.49. The number of hydrogen-bond acceptors (Lipinski definition) is 3. The van der Waals surface area contributed by atoms with Gasteiger partial charge in [-0.15, -0.1) is 0 Å². The van der Waals surface area contributed by atoms with Crippen molar-refractivity contribution in [2.24, 2.45) is 34.5 Å². The number of nitrogens with one attached hydrogen (secondary N) is 2. The minimum absolute atomic E-state index is 0.00869. The van der Waals surface area contributed by atoms with E-state index in [0.29, 0.717) is 24.2 Å². The zero-order valence-corrected chi connectivity index (χ0v) is 22.1. The lowest BCUT2D eigenvalue weighted by molar-refractivity contribution is -0.133. The van der Waals surface area contributed by atoms with Crippen molar-refractivity contribution < 1.29 is 18.4 Å². The normalized spacial score (nSPS) is 34.0. The standard InChI is InChI=1S/C32H36F2N2O2/c1-31-16-14-26-24(18-35-28-17-23(37)13-15-32(26,28)2)25(31)11-12-27(31)30(38)36-29(19-3-7-21(33)8-4-19)20-5-9-22(34)10-6-20/h3-10,17,24-27,29,35H,11-16,18H2,1-2H3,(H,36,38)/t24-,25-,26+,27?,31-,32+/m0/s1. The topological polar surface area (TPSA) is 58.2 Å². The molecule has 6 heteroatoms. The summed E-state index contributed by atoms with van der Waals surface area (Å²) in [5.41, 5.74) is 2.56. The van der Waals surface area contributed by atoms with Crippen molar-refractivity contribution in [1.82, 2.24) is 10.6 Å². The van der Waals surface area contributed by atoms with E-state index in [4.69, 9.17) is 0 Å². The van der Waals surface area contributed by atoms with E-state index in [9.17, 15) is 18.4 Å². The van der Waals surface area contributed by atoms with Crippen molar-refractivity contribution in [2.75, 3.05) is 6.54 Å². The van der Waals surface area contributed by atoms with Gasteiger partial charge in [-0.05, 0) is 90.7 Å². The van der Waals surface area contributed by atoms with E-state index in [1.807, 2.05) is 6.08 Å². The van der Waals surface area contributed by atoms with Crippen molar-refractivity contribution in [1.29, 1.82) is 0 Å². The number of ketones is 1. The number of halogens is 2. The second-order valence-corrected chi connectivity index (χ2v) is 12.4. The molecule has 4 aliphatic rings. The molecule has 200 valence electrons. The lowest BCUT2D eigenvalue weighted by atomic mass is 9.50. The molecule has 6 atom stereocenters. The molecule has 3 aliphatic carbocycles. The fourth-order valence-electron chi connectivity index (χ4n) is 8.49. The third kappa shape index (κ3) is 4.07. The highest BCUT2D eigenvalue weighted by Crippen LogP contribution is 2.64. The van der Waals surface area contributed by atoms with Crippen LogP contribution in [0.25, 0.3) is 0 Å². The maximum Gasteiger partial charge on any atom is 0.224 e. The van der Waals surface area contributed by atoms with Crippen molar-refractivity contribution in [3.63, 3.8) is 0 Å². The van der Waals surface area contributed by atoms with Crippen LogP contribution in [0.15, 0.2) is 60.3 Å². The Bertz CT molecular complexity index is 1230. The molecule has 4 nitrogen and oxygen atoms in total. The Morgan fingerprint density at radius 2 is 1.55 bits per heavy atom. The minimum atomic E-state index is -0.481. The highest BCUT2D eigenvalue weighted by molar-refractivity contribution is 5.91. The molecule has 1 heterocycles. The molecule has 0 spiro atoms. The Morgan fingerprint density at radius 3 is 2.18 bits per heavy atom. The van der Waals surface area contributed by atoms with Crippen molar-refractivity contribution in [2.45, 2.75) is 58.4 Å².